The predicted molar refractivity (Wildman–Crippen MR) is 89.7 cm³/mol. The summed E-state index contributed by atoms with van der Waals surface area (Å²) in [6.45, 7) is 10.2. The van der Waals surface area contributed by atoms with Gasteiger partial charge in [0.25, 0.3) is 0 Å². The van der Waals surface area contributed by atoms with E-state index in [9.17, 15) is 0 Å². The van der Waals surface area contributed by atoms with Crippen LogP contribution in [0.5, 0.6) is 0 Å². The number of nitrogens with zero attached hydrogens (tertiary/aromatic N) is 1. The molecular formula is C18H36N2O. The Morgan fingerprint density at radius 3 is 2.52 bits per heavy atom. The van der Waals surface area contributed by atoms with E-state index in [1.54, 1.807) is 0 Å². The van der Waals surface area contributed by atoms with Crippen LogP contribution in [0.2, 0.25) is 0 Å². The zero-order valence-corrected chi connectivity index (χ0v) is 14.5. The first kappa shape index (κ1) is 17.2. The van der Waals surface area contributed by atoms with Gasteiger partial charge in [-0.25, -0.2) is 0 Å². The summed E-state index contributed by atoms with van der Waals surface area (Å²) in [6, 6.07) is 0.737. The van der Waals surface area contributed by atoms with Crippen molar-refractivity contribution in [2.45, 2.75) is 64.8 Å². The molecule has 0 heterocycles. The van der Waals surface area contributed by atoms with E-state index in [4.69, 9.17) is 4.74 Å². The maximum atomic E-state index is 5.37. The fourth-order valence-electron chi connectivity index (χ4n) is 4.03. The maximum absolute atomic E-state index is 5.37. The molecule has 124 valence electrons. The fraction of sp³-hybridized carbons (Fsp3) is 1.00. The van der Waals surface area contributed by atoms with E-state index in [0.29, 0.717) is 5.41 Å². The lowest BCUT2D eigenvalue weighted by Gasteiger charge is -2.43. The molecule has 1 unspecified atom stereocenters. The molecule has 2 aliphatic carbocycles. The van der Waals surface area contributed by atoms with E-state index in [0.717, 1.165) is 31.7 Å². The van der Waals surface area contributed by atoms with E-state index in [1.807, 2.05) is 7.11 Å². The molecule has 0 bridgehead atoms. The minimum atomic E-state index is 0.505. The number of hydrogen-bond donors (Lipinski definition) is 1. The molecule has 0 amide bonds. The molecule has 0 aromatic rings. The lowest BCUT2D eigenvalue weighted by atomic mass is 9.73. The molecule has 2 fully saturated rings. The predicted octanol–water partition coefficient (Wildman–Crippen LogP) is 3.29. The Hall–Kier alpha value is -0.120. The van der Waals surface area contributed by atoms with E-state index >= 15 is 0 Å². The van der Waals surface area contributed by atoms with Gasteiger partial charge in [0.2, 0.25) is 0 Å². The van der Waals surface area contributed by atoms with Crippen molar-refractivity contribution in [3.63, 3.8) is 0 Å². The van der Waals surface area contributed by atoms with Crippen LogP contribution in [0, 0.1) is 11.3 Å². The highest BCUT2D eigenvalue weighted by Crippen LogP contribution is 2.40. The van der Waals surface area contributed by atoms with Crippen LogP contribution < -0.4 is 5.32 Å². The van der Waals surface area contributed by atoms with Gasteiger partial charge < -0.3 is 10.1 Å². The third-order valence-electron chi connectivity index (χ3n) is 5.67. The average molecular weight is 296 g/mol. The van der Waals surface area contributed by atoms with E-state index < -0.39 is 0 Å². The van der Waals surface area contributed by atoms with Gasteiger partial charge in [-0.05, 0) is 50.5 Å². The number of methoxy groups -OCH3 is 1. The maximum Gasteiger partial charge on any atom is 0.0589 e. The Balaban J connectivity index is 1.98. The minimum Gasteiger partial charge on any atom is -0.383 e. The van der Waals surface area contributed by atoms with Gasteiger partial charge in [0, 0.05) is 32.8 Å². The van der Waals surface area contributed by atoms with Gasteiger partial charge in [0.15, 0.2) is 0 Å². The molecule has 2 saturated carbocycles. The molecule has 1 atom stereocenters. The zero-order valence-electron chi connectivity index (χ0n) is 14.5. The van der Waals surface area contributed by atoms with Crippen LogP contribution in [0.1, 0.15) is 58.8 Å². The number of ether oxygens (including phenoxy) is 1. The molecule has 2 rings (SSSR count). The highest BCUT2D eigenvalue weighted by molar-refractivity contribution is 4.92. The smallest absolute Gasteiger partial charge is 0.0589 e. The van der Waals surface area contributed by atoms with Crippen molar-refractivity contribution in [3.8, 4) is 0 Å². The lowest BCUT2D eigenvalue weighted by Crippen LogP contribution is -2.49. The average Bonchev–Trinajstić information content (AvgIpc) is 3.34. The number of rotatable bonds is 10. The van der Waals surface area contributed by atoms with Crippen molar-refractivity contribution < 1.29 is 4.74 Å². The van der Waals surface area contributed by atoms with E-state index in [2.05, 4.69) is 24.1 Å². The summed E-state index contributed by atoms with van der Waals surface area (Å²) in [5.74, 6) is 0.946. The van der Waals surface area contributed by atoms with Gasteiger partial charge in [-0.1, -0.05) is 26.2 Å². The van der Waals surface area contributed by atoms with Crippen LogP contribution in [-0.2, 0) is 4.74 Å². The van der Waals surface area contributed by atoms with Crippen molar-refractivity contribution in [2.75, 3.05) is 39.9 Å². The SMILES string of the molecule is CCNCC1(CN(CCOC)C(C)C2CC2)CCCCC1. The normalized spacial score (nSPS) is 23.4. The number of hydrogen-bond acceptors (Lipinski definition) is 3. The van der Waals surface area contributed by atoms with Crippen LogP contribution in [0.15, 0.2) is 0 Å². The lowest BCUT2D eigenvalue weighted by molar-refractivity contribution is 0.0514. The molecule has 1 N–H and O–H groups in total. The van der Waals surface area contributed by atoms with Crippen molar-refractivity contribution in [1.29, 1.82) is 0 Å². The first-order valence-corrected chi connectivity index (χ1v) is 9.14. The third-order valence-corrected chi connectivity index (χ3v) is 5.67. The molecule has 3 heteroatoms. The zero-order chi connectivity index (χ0) is 15.1. The van der Waals surface area contributed by atoms with E-state index in [1.165, 1.54) is 58.0 Å². The van der Waals surface area contributed by atoms with Gasteiger partial charge in [0.1, 0.15) is 0 Å². The van der Waals surface area contributed by atoms with E-state index in [-0.39, 0.29) is 0 Å². The summed E-state index contributed by atoms with van der Waals surface area (Å²) in [6.07, 6.45) is 9.95. The van der Waals surface area contributed by atoms with Crippen molar-refractivity contribution in [2.24, 2.45) is 11.3 Å². The van der Waals surface area contributed by atoms with Gasteiger partial charge in [0.05, 0.1) is 6.61 Å². The standard InChI is InChI=1S/C18H36N2O/c1-4-19-14-18(10-6-5-7-11-18)15-20(12-13-21-3)16(2)17-8-9-17/h16-17,19H,4-15H2,1-3H3. The molecule has 21 heavy (non-hydrogen) atoms. The second kappa shape index (κ2) is 8.50. The largest absolute Gasteiger partial charge is 0.383 e. The van der Waals surface area contributed by atoms with Crippen LogP contribution >= 0.6 is 0 Å². The first-order chi connectivity index (χ1) is 10.2. The second-order valence-electron chi connectivity index (χ2n) is 7.38. The molecule has 0 saturated heterocycles. The Bertz CT molecular complexity index is 285. The summed E-state index contributed by atoms with van der Waals surface area (Å²) >= 11 is 0. The van der Waals surface area contributed by atoms with Crippen LogP contribution in [0.25, 0.3) is 0 Å². The highest BCUT2D eigenvalue weighted by atomic mass is 16.5. The first-order valence-electron chi connectivity index (χ1n) is 9.14. The third kappa shape index (κ3) is 5.22. The Labute approximate surface area is 131 Å². The Kier molecular flexibility index (Phi) is 6.97. The van der Waals surface area contributed by atoms with Crippen molar-refractivity contribution >= 4 is 0 Å². The van der Waals surface area contributed by atoms with Gasteiger partial charge in [-0.2, -0.15) is 0 Å². The summed E-state index contributed by atoms with van der Waals surface area (Å²) in [5.41, 5.74) is 0.505. The molecule has 0 radical (unpaired) electrons. The minimum absolute atomic E-state index is 0.505. The van der Waals surface area contributed by atoms with Gasteiger partial charge in [-0.15, -0.1) is 0 Å². The highest BCUT2D eigenvalue weighted by Gasteiger charge is 2.38. The topological polar surface area (TPSA) is 24.5 Å². The summed E-state index contributed by atoms with van der Waals surface area (Å²) in [5, 5.41) is 3.65. The second-order valence-corrected chi connectivity index (χ2v) is 7.38. The van der Waals surface area contributed by atoms with Crippen LogP contribution in [0.4, 0.5) is 0 Å². The van der Waals surface area contributed by atoms with Crippen LogP contribution in [-0.4, -0.2) is 50.8 Å². The molecule has 0 spiro atoms. The molecular weight excluding hydrogens is 260 g/mol. The molecule has 3 nitrogen and oxygen atoms in total. The molecule has 2 aliphatic rings. The fourth-order valence-corrected chi connectivity index (χ4v) is 4.03. The molecule has 0 aromatic carbocycles. The molecule has 0 aromatic heterocycles. The summed E-state index contributed by atoms with van der Waals surface area (Å²) in [4.78, 5) is 2.74. The van der Waals surface area contributed by atoms with Crippen molar-refractivity contribution in [3.05, 3.63) is 0 Å². The van der Waals surface area contributed by atoms with Gasteiger partial charge in [-0.3, -0.25) is 4.90 Å². The Morgan fingerprint density at radius 1 is 1.24 bits per heavy atom. The van der Waals surface area contributed by atoms with Crippen molar-refractivity contribution in [1.82, 2.24) is 10.2 Å². The summed E-state index contributed by atoms with van der Waals surface area (Å²) < 4.78 is 5.37. The Morgan fingerprint density at radius 2 is 1.95 bits per heavy atom. The molecule has 0 aliphatic heterocycles. The monoisotopic (exact) mass is 296 g/mol. The quantitative estimate of drug-likeness (QED) is 0.669. The summed E-state index contributed by atoms with van der Waals surface area (Å²) in [7, 11) is 1.83. The number of nitrogens with one attached hydrogen (secondary N) is 1. The van der Waals surface area contributed by atoms with Gasteiger partial charge >= 0.3 is 0 Å². The van der Waals surface area contributed by atoms with Crippen LogP contribution in [0.3, 0.4) is 0 Å².